The number of alkyl halides is 3. The molecule has 4 aromatic rings. The summed E-state index contributed by atoms with van der Waals surface area (Å²) in [6.07, 6.45) is -0.244. The summed E-state index contributed by atoms with van der Waals surface area (Å²) in [5.74, 6) is 5.58. The summed E-state index contributed by atoms with van der Waals surface area (Å²) in [5, 5.41) is 2.57. The summed E-state index contributed by atoms with van der Waals surface area (Å²) in [5.41, 5.74) is 9.17. The maximum atomic E-state index is 14.0. The molecule has 0 atom stereocenters. The molecule has 2 aliphatic heterocycles. The number of fused-ring (bicyclic) bond motifs is 1. The molecule has 1 spiro atoms. The minimum atomic E-state index is -4.56. The van der Waals surface area contributed by atoms with Gasteiger partial charge in [-0.05, 0) is 44.7 Å². The van der Waals surface area contributed by atoms with E-state index < -0.39 is 17.6 Å². The van der Waals surface area contributed by atoms with E-state index in [9.17, 15) is 18.0 Å². The molecule has 0 radical (unpaired) electrons. The van der Waals surface area contributed by atoms with E-state index in [1.807, 2.05) is 25.8 Å². The Labute approximate surface area is 246 Å². The Morgan fingerprint density at radius 3 is 2.44 bits per heavy atom. The highest BCUT2D eigenvalue weighted by atomic mass is 19.4. The number of nitrogens with two attached hydrogens (primary N) is 1. The molecule has 0 aliphatic carbocycles. The third-order valence-electron chi connectivity index (χ3n) is 7.88. The first-order chi connectivity index (χ1) is 20.4. The van der Waals surface area contributed by atoms with Gasteiger partial charge in [-0.25, -0.2) is 15.0 Å². The number of hydrogen-bond donors (Lipinski definition) is 2. The van der Waals surface area contributed by atoms with Crippen molar-refractivity contribution in [1.82, 2.24) is 29.7 Å². The molecule has 2 saturated heterocycles. The molecule has 5 heterocycles. The zero-order valence-electron chi connectivity index (χ0n) is 23.9. The number of benzene rings is 1. The molecule has 0 saturated carbocycles. The molecule has 2 aliphatic rings. The van der Waals surface area contributed by atoms with Crippen molar-refractivity contribution in [2.45, 2.75) is 26.6 Å². The lowest BCUT2D eigenvalue weighted by Crippen LogP contribution is -2.70. The Morgan fingerprint density at radius 1 is 1.02 bits per heavy atom. The summed E-state index contributed by atoms with van der Waals surface area (Å²) < 4.78 is 42.0. The highest BCUT2D eigenvalue weighted by molar-refractivity contribution is 6.04. The van der Waals surface area contributed by atoms with Gasteiger partial charge in [-0.2, -0.15) is 13.2 Å². The number of nitrogens with one attached hydrogen (secondary N) is 1. The van der Waals surface area contributed by atoms with Crippen LogP contribution in [0.1, 0.15) is 44.0 Å². The van der Waals surface area contributed by atoms with Crippen molar-refractivity contribution in [3.8, 4) is 11.8 Å². The van der Waals surface area contributed by atoms with E-state index in [-0.39, 0.29) is 34.6 Å². The number of halogens is 3. The lowest BCUT2D eigenvalue weighted by atomic mass is 9.73. The first-order valence-corrected chi connectivity index (χ1v) is 13.7. The van der Waals surface area contributed by atoms with E-state index in [2.05, 4.69) is 42.0 Å². The van der Waals surface area contributed by atoms with E-state index in [0.29, 0.717) is 22.2 Å². The number of anilines is 2. The molecule has 0 bridgehead atoms. The molecular formula is C31H29F3N8O. The molecule has 0 unspecified atom stereocenters. The van der Waals surface area contributed by atoms with Crippen LogP contribution < -0.4 is 11.1 Å². The fourth-order valence-corrected chi connectivity index (χ4v) is 5.90. The molecule has 1 aromatic carbocycles. The van der Waals surface area contributed by atoms with E-state index in [4.69, 9.17) is 5.73 Å². The topological polar surface area (TPSA) is 113 Å². The van der Waals surface area contributed by atoms with Crippen molar-refractivity contribution >= 4 is 28.4 Å². The number of aryl methyl sites for hydroxylation is 2. The van der Waals surface area contributed by atoms with Crippen LogP contribution in [0.5, 0.6) is 0 Å². The molecule has 9 nitrogen and oxygen atoms in total. The predicted octanol–water partition coefficient (Wildman–Crippen LogP) is 4.04. The quantitative estimate of drug-likeness (QED) is 0.345. The molecule has 2 fully saturated rings. The van der Waals surface area contributed by atoms with Crippen LogP contribution >= 0.6 is 0 Å². The predicted molar refractivity (Wildman–Crippen MR) is 156 cm³/mol. The summed E-state index contributed by atoms with van der Waals surface area (Å²) in [7, 11) is 2.04. The summed E-state index contributed by atoms with van der Waals surface area (Å²) in [4.78, 5) is 34.5. The van der Waals surface area contributed by atoms with Gasteiger partial charge in [0, 0.05) is 68.0 Å². The average molecular weight is 587 g/mol. The highest BCUT2D eigenvalue weighted by Gasteiger charge is 2.50. The van der Waals surface area contributed by atoms with Crippen LogP contribution in [0.3, 0.4) is 0 Å². The lowest BCUT2D eigenvalue weighted by molar-refractivity contribution is -0.139. The molecule has 1 amide bonds. The van der Waals surface area contributed by atoms with Crippen molar-refractivity contribution in [2.24, 2.45) is 5.41 Å². The van der Waals surface area contributed by atoms with Crippen LogP contribution in [0.4, 0.5) is 24.7 Å². The van der Waals surface area contributed by atoms with Gasteiger partial charge >= 0.3 is 6.18 Å². The maximum Gasteiger partial charge on any atom is 0.416 e. The summed E-state index contributed by atoms with van der Waals surface area (Å²) in [6.45, 7) is 7.41. The maximum absolute atomic E-state index is 14.0. The van der Waals surface area contributed by atoms with Gasteiger partial charge < -0.3 is 16.0 Å². The van der Waals surface area contributed by atoms with Crippen molar-refractivity contribution < 1.29 is 18.0 Å². The molecule has 43 heavy (non-hydrogen) atoms. The van der Waals surface area contributed by atoms with Crippen molar-refractivity contribution in [1.29, 1.82) is 0 Å². The van der Waals surface area contributed by atoms with Crippen LogP contribution in [0.25, 0.3) is 11.0 Å². The number of carbonyl (C=O) groups excluding carboxylic acids is 1. The van der Waals surface area contributed by atoms with E-state index in [1.54, 1.807) is 0 Å². The van der Waals surface area contributed by atoms with Gasteiger partial charge in [-0.15, -0.1) is 0 Å². The van der Waals surface area contributed by atoms with Crippen molar-refractivity contribution in [3.05, 3.63) is 82.1 Å². The van der Waals surface area contributed by atoms with E-state index in [1.165, 1.54) is 36.8 Å². The van der Waals surface area contributed by atoms with E-state index >= 15 is 0 Å². The van der Waals surface area contributed by atoms with Crippen molar-refractivity contribution in [3.63, 3.8) is 0 Å². The highest BCUT2D eigenvalue weighted by Crippen LogP contribution is 2.41. The van der Waals surface area contributed by atoms with Crippen LogP contribution in [0.2, 0.25) is 0 Å². The van der Waals surface area contributed by atoms with Crippen LogP contribution in [-0.2, 0) is 12.7 Å². The SMILES string of the molecule is Cc1nc2c(C#Cc3cncc(C(=O)Nc4ccc(CN5CC6(CN(C)C6)C5)c(C(F)(F)F)c4)c3)cnc(N)c2nc1C. The second-order valence-electron chi connectivity index (χ2n) is 11.5. The Kier molecular flexibility index (Phi) is 7.02. The number of likely N-dealkylation sites (tertiary alicyclic amines) is 2. The fraction of sp³-hybridized carbons (Fsp3) is 0.323. The standard InChI is InChI=1S/C31H29F3N8O/c1-18-19(2)39-27-26(38-18)21(12-37-28(27)35)5-4-20-8-23(11-36-10-20)29(43)40-24-7-6-22(25(9-24)31(32,33)34)13-42-16-30(17-42)14-41(3)15-30/h6-12H,13-17H2,1-3H3,(H2,35,37)(H,40,43). The Hall–Kier alpha value is -4.60. The summed E-state index contributed by atoms with van der Waals surface area (Å²) >= 11 is 0. The normalized spacial score (nSPS) is 16.3. The second kappa shape index (κ2) is 10.6. The molecule has 3 aromatic heterocycles. The Bertz CT molecular complexity index is 1810. The molecule has 3 N–H and O–H groups in total. The average Bonchev–Trinajstić information content (AvgIpc) is 2.92. The largest absolute Gasteiger partial charge is 0.416 e. The van der Waals surface area contributed by atoms with Crippen LogP contribution in [0.15, 0.2) is 42.9 Å². The number of hydrogen-bond acceptors (Lipinski definition) is 8. The number of pyridine rings is 2. The monoisotopic (exact) mass is 586 g/mol. The second-order valence-corrected chi connectivity index (χ2v) is 11.5. The van der Waals surface area contributed by atoms with Crippen molar-refractivity contribution in [2.75, 3.05) is 44.3 Å². The summed E-state index contributed by atoms with van der Waals surface area (Å²) in [6, 6.07) is 5.44. The van der Waals surface area contributed by atoms with Crippen LogP contribution in [-0.4, -0.2) is 68.9 Å². The van der Waals surface area contributed by atoms with Gasteiger partial charge in [-0.1, -0.05) is 17.9 Å². The molecule has 6 rings (SSSR count). The number of amides is 1. The molecule has 12 heteroatoms. The number of aromatic nitrogens is 4. The number of nitrogen functional groups attached to an aromatic ring is 1. The van der Waals surface area contributed by atoms with Gasteiger partial charge in [0.05, 0.1) is 28.1 Å². The van der Waals surface area contributed by atoms with Gasteiger partial charge in [0.25, 0.3) is 5.91 Å². The van der Waals surface area contributed by atoms with Crippen LogP contribution in [0, 0.1) is 31.1 Å². The van der Waals surface area contributed by atoms with Gasteiger partial charge in [0.1, 0.15) is 11.0 Å². The van der Waals surface area contributed by atoms with Gasteiger partial charge in [0.15, 0.2) is 5.82 Å². The first-order valence-electron chi connectivity index (χ1n) is 13.7. The first kappa shape index (κ1) is 28.5. The smallest absolute Gasteiger partial charge is 0.382 e. The fourth-order valence-electron chi connectivity index (χ4n) is 5.90. The van der Waals surface area contributed by atoms with E-state index in [0.717, 1.165) is 43.6 Å². The third-order valence-corrected chi connectivity index (χ3v) is 7.88. The number of nitrogens with zero attached hydrogens (tertiary/aromatic N) is 6. The van der Waals surface area contributed by atoms with Gasteiger partial charge in [-0.3, -0.25) is 14.7 Å². The third kappa shape index (κ3) is 5.74. The minimum absolute atomic E-state index is 0.0434. The number of rotatable bonds is 4. The zero-order chi connectivity index (χ0) is 30.5. The lowest BCUT2D eigenvalue weighted by Gasteiger charge is -2.59. The molecule has 220 valence electrons. The minimum Gasteiger partial charge on any atom is -0.382 e. The zero-order valence-corrected chi connectivity index (χ0v) is 23.9. The Balaban J connectivity index is 1.19. The molecular weight excluding hydrogens is 557 g/mol. The van der Waals surface area contributed by atoms with Gasteiger partial charge in [0.2, 0.25) is 0 Å². The Morgan fingerprint density at radius 2 is 1.74 bits per heavy atom. The number of carbonyl (C=O) groups is 1.